The Morgan fingerprint density at radius 1 is 0.833 bits per heavy atom. The Hall–Kier alpha value is -3.27. The molecule has 0 saturated heterocycles. The molecule has 0 heterocycles. The predicted molar refractivity (Wildman–Crippen MR) is 97.9 cm³/mol. The number of carbonyl (C=O) groups is 1. The topological polar surface area (TPSA) is 81.1 Å². The minimum atomic E-state index is -0.218. The molecule has 3 aromatic rings. The first-order valence-electron chi connectivity index (χ1n) is 7.79. The van der Waals surface area contributed by atoms with Crippen molar-refractivity contribution in [2.75, 3.05) is 16.8 Å². The van der Waals surface area contributed by atoms with Crippen LogP contribution in [0.25, 0.3) is 11.1 Å². The molecule has 0 spiro atoms. The molecule has 5 N–H and O–H groups in total. The van der Waals surface area contributed by atoms with E-state index in [0.717, 1.165) is 12.1 Å². The van der Waals surface area contributed by atoms with E-state index in [1.54, 1.807) is 18.2 Å². The average molecular weight is 315 g/mol. The average Bonchev–Trinajstić information content (AvgIpc) is 2.91. The molecule has 4 rings (SSSR count). The number of nitrogens with one attached hydrogen (secondary N) is 1. The van der Waals surface area contributed by atoms with Gasteiger partial charge in [0.1, 0.15) is 0 Å². The first kappa shape index (κ1) is 14.3. The second-order valence-corrected chi connectivity index (χ2v) is 6.05. The molecule has 24 heavy (non-hydrogen) atoms. The van der Waals surface area contributed by atoms with Gasteiger partial charge in [-0.1, -0.05) is 30.3 Å². The number of anilines is 3. The highest BCUT2D eigenvalue weighted by Gasteiger charge is 2.18. The smallest absolute Gasteiger partial charge is 0.255 e. The van der Waals surface area contributed by atoms with Crippen LogP contribution in [0.1, 0.15) is 21.5 Å². The van der Waals surface area contributed by atoms with Crippen molar-refractivity contribution in [3.63, 3.8) is 0 Å². The van der Waals surface area contributed by atoms with Crippen LogP contribution in [-0.4, -0.2) is 5.91 Å². The molecule has 0 aromatic heterocycles. The summed E-state index contributed by atoms with van der Waals surface area (Å²) >= 11 is 0. The van der Waals surface area contributed by atoms with Gasteiger partial charge in [0.15, 0.2) is 0 Å². The standard InChI is InChI=1S/C20H17N3O/c21-15-8-14(9-16(22)11-15)20(24)23-17-5-6-19-13(10-17)7-12-3-1-2-4-18(12)19/h1-6,8-11H,7,21-22H2,(H,23,24). The Balaban J connectivity index is 1.60. The van der Waals surface area contributed by atoms with Crippen molar-refractivity contribution in [2.24, 2.45) is 0 Å². The number of rotatable bonds is 2. The van der Waals surface area contributed by atoms with Crippen molar-refractivity contribution in [1.82, 2.24) is 0 Å². The van der Waals surface area contributed by atoms with Crippen LogP contribution >= 0.6 is 0 Å². The van der Waals surface area contributed by atoms with Gasteiger partial charge in [-0.05, 0) is 59.0 Å². The molecule has 1 aliphatic carbocycles. The molecule has 118 valence electrons. The number of fused-ring (bicyclic) bond motifs is 3. The van der Waals surface area contributed by atoms with E-state index in [4.69, 9.17) is 11.5 Å². The van der Waals surface area contributed by atoms with Crippen molar-refractivity contribution < 1.29 is 4.79 Å². The monoisotopic (exact) mass is 315 g/mol. The second-order valence-electron chi connectivity index (χ2n) is 6.05. The van der Waals surface area contributed by atoms with Gasteiger partial charge in [0.05, 0.1) is 0 Å². The van der Waals surface area contributed by atoms with Gasteiger partial charge in [0, 0.05) is 22.6 Å². The maximum atomic E-state index is 12.4. The van der Waals surface area contributed by atoms with E-state index in [1.807, 2.05) is 18.2 Å². The highest BCUT2D eigenvalue weighted by Crippen LogP contribution is 2.37. The number of benzene rings is 3. The zero-order valence-electron chi connectivity index (χ0n) is 13.0. The van der Waals surface area contributed by atoms with Gasteiger partial charge in [0.2, 0.25) is 0 Å². The molecule has 3 aromatic carbocycles. The zero-order valence-corrected chi connectivity index (χ0v) is 13.0. The van der Waals surface area contributed by atoms with Gasteiger partial charge in [-0.25, -0.2) is 0 Å². The summed E-state index contributed by atoms with van der Waals surface area (Å²) in [6.07, 6.45) is 0.889. The molecule has 1 amide bonds. The highest BCUT2D eigenvalue weighted by molar-refractivity contribution is 6.05. The summed E-state index contributed by atoms with van der Waals surface area (Å²) in [6.45, 7) is 0. The van der Waals surface area contributed by atoms with Crippen LogP contribution in [0, 0.1) is 0 Å². The van der Waals surface area contributed by atoms with E-state index in [-0.39, 0.29) is 5.91 Å². The van der Waals surface area contributed by atoms with Crippen LogP contribution in [0.5, 0.6) is 0 Å². The molecule has 4 heteroatoms. The van der Waals surface area contributed by atoms with Gasteiger partial charge in [-0.15, -0.1) is 0 Å². The largest absolute Gasteiger partial charge is 0.399 e. The van der Waals surface area contributed by atoms with Crippen LogP contribution in [0.2, 0.25) is 0 Å². The minimum absolute atomic E-state index is 0.218. The summed E-state index contributed by atoms with van der Waals surface area (Å²) in [6, 6.07) is 19.3. The van der Waals surface area contributed by atoms with Gasteiger partial charge in [0.25, 0.3) is 5.91 Å². The summed E-state index contributed by atoms with van der Waals surface area (Å²) in [5.74, 6) is -0.218. The van der Waals surface area contributed by atoms with Crippen LogP contribution in [0.15, 0.2) is 60.7 Å². The molecule has 0 saturated carbocycles. The normalized spacial score (nSPS) is 11.7. The van der Waals surface area contributed by atoms with Crippen molar-refractivity contribution in [3.8, 4) is 11.1 Å². The van der Waals surface area contributed by atoms with Crippen molar-refractivity contribution in [1.29, 1.82) is 0 Å². The van der Waals surface area contributed by atoms with E-state index >= 15 is 0 Å². The molecular formula is C20H17N3O. The highest BCUT2D eigenvalue weighted by atomic mass is 16.1. The fourth-order valence-electron chi connectivity index (χ4n) is 3.23. The molecule has 0 aliphatic heterocycles. The van der Waals surface area contributed by atoms with Crippen LogP contribution in [-0.2, 0) is 6.42 Å². The number of hydrogen-bond acceptors (Lipinski definition) is 3. The number of amides is 1. The lowest BCUT2D eigenvalue weighted by Gasteiger charge is -2.09. The number of nitrogens with two attached hydrogens (primary N) is 2. The minimum Gasteiger partial charge on any atom is -0.399 e. The van der Waals surface area contributed by atoms with E-state index in [9.17, 15) is 4.79 Å². The maximum Gasteiger partial charge on any atom is 0.255 e. The quantitative estimate of drug-likeness (QED) is 0.494. The lowest BCUT2D eigenvalue weighted by atomic mass is 10.1. The molecule has 0 unspecified atom stereocenters. The van der Waals surface area contributed by atoms with E-state index in [2.05, 4.69) is 29.6 Å². The lowest BCUT2D eigenvalue weighted by Crippen LogP contribution is -2.12. The Kier molecular flexibility index (Phi) is 3.24. The fraction of sp³-hybridized carbons (Fsp3) is 0.0500. The summed E-state index contributed by atoms with van der Waals surface area (Å²) in [7, 11) is 0. The molecule has 0 bridgehead atoms. The van der Waals surface area contributed by atoms with Gasteiger partial charge < -0.3 is 16.8 Å². The van der Waals surface area contributed by atoms with Crippen molar-refractivity contribution >= 4 is 23.0 Å². The lowest BCUT2D eigenvalue weighted by molar-refractivity contribution is 0.102. The van der Waals surface area contributed by atoms with Crippen LogP contribution < -0.4 is 16.8 Å². The van der Waals surface area contributed by atoms with Gasteiger partial charge in [-0.3, -0.25) is 4.79 Å². The third-order valence-corrected chi connectivity index (χ3v) is 4.29. The molecule has 0 atom stereocenters. The Morgan fingerprint density at radius 3 is 2.33 bits per heavy atom. The fourth-order valence-corrected chi connectivity index (χ4v) is 3.23. The number of carbonyl (C=O) groups excluding carboxylic acids is 1. The summed E-state index contributed by atoms with van der Waals surface area (Å²) in [4.78, 5) is 12.4. The zero-order chi connectivity index (χ0) is 16.7. The predicted octanol–water partition coefficient (Wildman–Crippen LogP) is 3.67. The summed E-state index contributed by atoms with van der Waals surface area (Å²) in [5.41, 5.74) is 18.7. The summed E-state index contributed by atoms with van der Waals surface area (Å²) in [5, 5.41) is 2.92. The first-order valence-corrected chi connectivity index (χ1v) is 7.79. The first-order chi connectivity index (χ1) is 11.6. The maximum absolute atomic E-state index is 12.4. The van der Waals surface area contributed by atoms with E-state index < -0.39 is 0 Å². The molecule has 1 aliphatic rings. The van der Waals surface area contributed by atoms with Gasteiger partial charge in [-0.2, -0.15) is 0 Å². The molecular weight excluding hydrogens is 298 g/mol. The Labute approximate surface area is 140 Å². The third-order valence-electron chi connectivity index (χ3n) is 4.29. The summed E-state index contributed by atoms with van der Waals surface area (Å²) < 4.78 is 0. The molecule has 4 nitrogen and oxygen atoms in total. The van der Waals surface area contributed by atoms with E-state index in [1.165, 1.54) is 22.3 Å². The van der Waals surface area contributed by atoms with Crippen molar-refractivity contribution in [2.45, 2.75) is 6.42 Å². The van der Waals surface area contributed by atoms with E-state index in [0.29, 0.717) is 16.9 Å². The third kappa shape index (κ3) is 2.48. The second kappa shape index (κ2) is 5.42. The SMILES string of the molecule is Nc1cc(N)cc(C(=O)Nc2ccc3c(c2)Cc2ccccc2-3)c1. The Bertz CT molecular complexity index is 943. The molecule has 0 fully saturated rings. The van der Waals surface area contributed by atoms with Crippen LogP contribution in [0.3, 0.4) is 0 Å². The molecule has 0 radical (unpaired) electrons. The van der Waals surface area contributed by atoms with Gasteiger partial charge >= 0.3 is 0 Å². The number of hydrogen-bond donors (Lipinski definition) is 3. The van der Waals surface area contributed by atoms with Crippen LogP contribution in [0.4, 0.5) is 17.1 Å². The Morgan fingerprint density at radius 2 is 1.54 bits per heavy atom. The number of nitrogen functional groups attached to an aromatic ring is 2. The van der Waals surface area contributed by atoms with Crippen molar-refractivity contribution in [3.05, 3.63) is 77.4 Å².